The Morgan fingerprint density at radius 2 is 1.87 bits per heavy atom. The maximum atomic E-state index is 15.8. The molecule has 2 heterocycles. The van der Waals surface area contributed by atoms with Crippen LogP contribution < -0.4 is 5.32 Å². The quantitative estimate of drug-likeness (QED) is 0.433. The minimum atomic E-state index is -1.27. The lowest BCUT2D eigenvalue weighted by atomic mass is 9.62. The van der Waals surface area contributed by atoms with Gasteiger partial charge in [0.25, 0.3) is 0 Å². The van der Waals surface area contributed by atoms with E-state index in [1.807, 2.05) is 0 Å². The summed E-state index contributed by atoms with van der Waals surface area (Å²) in [6.07, 6.45) is 3.34. The summed E-state index contributed by atoms with van der Waals surface area (Å²) in [6.45, 7) is 6.20. The van der Waals surface area contributed by atoms with Crippen molar-refractivity contribution in [2.45, 2.75) is 93.7 Å². The van der Waals surface area contributed by atoms with E-state index in [0.29, 0.717) is 36.1 Å². The predicted molar refractivity (Wildman–Crippen MR) is 145 cm³/mol. The lowest BCUT2D eigenvalue weighted by Gasteiger charge is -2.38. The summed E-state index contributed by atoms with van der Waals surface area (Å²) in [5, 5.41) is 13.2. The third-order valence-electron chi connectivity index (χ3n) is 8.47. The van der Waals surface area contributed by atoms with Crippen molar-refractivity contribution < 1.29 is 23.5 Å². The number of aliphatic hydroxyl groups is 1. The van der Waals surface area contributed by atoms with Crippen molar-refractivity contribution in [3.05, 3.63) is 64.2 Å². The van der Waals surface area contributed by atoms with Gasteiger partial charge in [0.1, 0.15) is 11.6 Å². The molecule has 2 aromatic rings. The number of halogens is 3. The molecule has 2 aromatic carbocycles. The Balaban J connectivity index is 1.67. The second kappa shape index (κ2) is 10.3. The van der Waals surface area contributed by atoms with Gasteiger partial charge >= 0.3 is 0 Å². The normalized spacial score (nSPS) is 31.1. The number of carbonyl (C=O) groups excluding carboxylic acids is 2. The van der Waals surface area contributed by atoms with Crippen molar-refractivity contribution in [3.8, 4) is 0 Å². The molecule has 38 heavy (non-hydrogen) atoms. The van der Waals surface area contributed by atoms with Gasteiger partial charge in [0.2, 0.25) is 5.12 Å². The molecule has 2 fully saturated rings. The van der Waals surface area contributed by atoms with E-state index in [2.05, 4.69) is 26.1 Å². The third kappa shape index (κ3) is 4.85. The molecule has 0 unspecified atom stereocenters. The van der Waals surface area contributed by atoms with E-state index in [1.54, 1.807) is 18.2 Å². The smallest absolute Gasteiger partial charge is 0.206 e. The minimum absolute atomic E-state index is 0.0678. The first-order valence-electron chi connectivity index (χ1n) is 13.3. The zero-order valence-corrected chi connectivity index (χ0v) is 23.5. The number of fused-ring (bicyclic) bond motifs is 2. The van der Waals surface area contributed by atoms with Gasteiger partial charge in [-0.2, -0.15) is 0 Å². The van der Waals surface area contributed by atoms with Crippen molar-refractivity contribution in [1.29, 1.82) is 0 Å². The molecule has 0 radical (unpaired) electrons. The number of ketones is 1. The van der Waals surface area contributed by atoms with E-state index in [0.717, 1.165) is 24.6 Å². The molecular weight excluding hydrogens is 528 g/mol. The van der Waals surface area contributed by atoms with Crippen molar-refractivity contribution in [2.24, 2.45) is 11.3 Å². The summed E-state index contributed by atoms with van der Waals surface area (Å²) in [5.74, 6) is -1.87. The molecule has 1 spiro atoms. The Bertz CT molecular complexity index is 1260. The molecule has 1 saturated heterocycles. The third-order valence-corrected chi connectivity index (χ3v) is 9.84. The molecule has 8 heteroatoms. The zero-order valence-electron chi connectivity index (χ0n) is 21.9. The van der Waals surface area contributed by atoms with Crippen LogP contribution in [-0.2, 0) is 15.0 Å². The fourth-order valence-electron chi connectivity index (χ4n) is 6.82. The van der Waals surface area contributed by atoms with E-state index < -0.39 is 35.1 Å². The van der Waals surface area contributed by atoms with Crippen LogP contribution in [0.4, 0.5) is 8.78 Å². The lowest BCUT2D eigenvalue weighted by Crippen LogP contribution is -2.48. The van der Waals surface area contributed by atoms with Crippen LogP contribution >= 0.6 is 23.4 Å². The predicted octanol–water partition coefficient (Wildman–Crippen LogP) is 6.56. The molecule has 4 nitrogen and oxygen atoms in total. The second-order valence-electron chi connectivity index (χ2n) is 12.3. The highest BCUT2D eigenvalue weighted by Gasteiger charge is 2.66. The fraction of sp³-hybridized carbons (Fsp3) is 0.533. The van der Waals surface area contributed by atoms with Gasteiger partial charge in [-0.15, -0.1) is 0 Å². The number of hydrogen-bond donors (Lipinski definition) is 2. The Hall–Kier alpha value is -1.80. The van der Waals surface area contributed by atoms with Crippen molar-refractivity contribution >= 4 is 34.3 Å². The Morgan fingerprint density at radius 3 is 2.55 bits per heavy atom. The van der Waals surface area contributed by atoms with E-state index in [4.69, 9.17) is 11.6 Å². The molecule has 0 amide bonds. The standard InChI is InChI=1S/C30H34ClF2NO3S/c1-29(2,3)15-24-30(20-12-9-17(32)14-23(20)38-28(30)37)25(19-5-4-6-21(31)26(19)33)27(34-24)22(36)13-16-7-10-18(35)11-8-16/h4-6,9,12,14,16,18,24-25,27,34-35H,7-8,10-11,13,15H2,1-3H3/t16?,18?,24-,25+,27+,30+/m1/s1. The van der Waals surface area contributed by atoms with Crippen LogP contribution in [0.1, 0.15) is 76.3 Å². The molecule has 2 aliphatic heterocycles. The van der Waals surface area contributed by atoms with E-state index in [-0.39, 0.29) is 38.9 Å². The van der Waals surface area contributed by atoms with Crippen LogP contribution in [0.5, 0.6) is 0 Å². The summed E-state index contributed by atoms with van der Waals surface area (Å²) in [7, 11) is 0. The zero-order chi connectivity index (χ0) is 27.4. The first kappa shape index (κ1) is 27.8. The van der Waals surface area contributed by atoms with E-state index >= 15 is 4.39 Å². The van der Waals surface area contributed by atoms with Gasteiger partial charge in [-0.05, 0) is 72.8 Å². The summed E-state index contributed by atoms with van der Waals surface area (Å²) >= 11 is 7.22. The molecule has 5 rings (SSSR count). The molecule has 1 aliphatic carbocycles. The molecule has 3 aliphatic rings. The number of thioether (sulfide) groups is 1. The largest absolute Gasteiger partial charge is 0.393 e. The van der Waals surface area contributed by atoms with E-state index in [1.165, 1.54) is 18.2 Å². The monoisotopic (exact) mass is 561 g/mol. The summed E-state index contributed by atoms with van der Waals surface area (Å²) < 4.78 is 30.1. The minimum Gasteiger partial charge on any atom is -0.393 e. The average molecular weight is 562 g/mol. The van der Waals surface area contributed by atoms with Gasteiger partial charge < -0.3 is 10.4 Å². The fourth-order valence-corrected chi connectivity index (χ4v) is 8.27. The maximum Gasteiger partial charge on any atom is 0.206 e. The molecule has 0 bridgehead atoms. The highest BCUT2D eigenvalue weighted by molar-refractivity contribution is 8.14. The maximum absolute atomic E-state index is 15.8. The second-order valence-corrected chi connectivity index (χ2v) is 13.7. The first-order chi connectivity index (χ1) is 17.9. The Morgan fingerprint density at radius 1 is 1.16 bits per heavy atom. The number of nitrogens with one attached hydrogen (secondary N) is 1. The van der Waals surface area contributed by atoms with Crippen LogP contribution in [0.15, 0.2) is 41.3 Å². The van der Waals surface area contributed by atoms with Crippen LogP contribution in [0.3, 0.4) is 0 Å². The van der Waals surface area contributed by atoms with Gasteiger partial charge in [0, 0.05) is 23.3 Å². The molecule has 2 N–H and O–H groups in total. The van der Waals surface area contributed by atoms with Gasteiger partial charge in [-0.1, -0.05) is 62.3 Å². The molecule has 0 aromatic heterocycles. The SMILES string of the molecule is CC(C)(C)C[C@H]1N[C@@H](C(=O)CC2CCC(O)CC2)[C@H](c2cccc(Cl)c2F)[C@@]12C(=O)Sc1cc(F)ccc12. The van der Waals surface area contributed by atoms with Crippen LogP contribution in [0, 0.1) is 23.0 Å². The number of hydrogen-bond acceptors (Lipinski definition) is 5. The van der Waals surface area contributed by atoms with Crippen LogP contribution in [0.2, 0.25) is 5.02 Å². The average Bonchev–Trinajstić information content (AvgIpc) is 3.31. The highest BCUT2D eigenvalue weighted by Crippen LogP contribution is 2.60. The number of aliphatic hydroxyl groups excluding tert-OH is 1. The van der Waals surface area contributed by atoms with Crippen molar-refractivity contribution in [3.63, 3.8) is 0 Å². The molecule has 4 atom stereocenters. The number of benzene rings is 2. The van der Waals surface area contributed by atoms with Crippen LogP contribution in [-0.4, -0.2) is 34.2 Å². The Labute approximate surface area is 231 Å². The van der Waals surface area contributed by atoms with Crippen molar-refractivity contribution in [2.75, 3.05) is 0 Å². The van der Waals surface area contributed by atoms with Gasteiger partial charge in [-0.3, -0.25) is 9.59 Å². The topological polar surface area (TPSA) is 66.4 Å². The van der Waals surface area contributed by atoms with Crippen LogP contribution in [0.25, 0.3) is 0 Å². The highest BCUT2D eigenvalue weighted by atomic mass is 35.5. The Kier molecular flexibility index (Phi) is 7.53. The molecule has 204 valence electrons. The lowest BCUT2D eigenvalue weighted by molar-refractivity contribution is -0.122. The number of Topliss-reactive ketones (excluding diaryl/α,β-unsaturated/α-hetero) is 1. The van der Waals surface area contributed by atoms with Crippen molar-refractivity contribution in [1.82, 2.24) is 5.32 Å². The number of rotatable bonds is 5. The summed E-state index contributed by atoms with van der Waals surface area (Å²) in [6, 6.07) is 7.75. The number of carbonyl (C=O) groups is 2. The summed E-state index contributed by atoms with van der Waals surface area (Å²) in [5.41, 5.74) is -0.621. The summed E-state index contributed by atoms with van der Waals surface area (Å²) in [4.78, 5) is 28.7. The first-order valence-corrected chi connectivity index (χ1v) is 14.5. The molecule has 1 saturated carbocycles. The van der Waals surface area contributed by atoms with Gasteiger partial charge in [-0.25, -0.2) is 8.78 Å². The van der Waals surface area contributed by atoms with Gasteiger partial charge in [0.15, 0.2) is 5.78 Å². The molecular formula is C30H34ClF2NO3S. The van der Waals surface area contributed by atoms with E-state index in [9.17, 15) is 19.1 Å². The van der Waals surface area contributed by atoms with Gasteiger partial charge in [0.05, 0.1) is 22.6 Å².